The summed E-state index contributed by atoms with van der Waals surface area (Å²) < 4.78 is 0. The topological polar surface area (TPSA) is 42.1 Å². The first-order chi connectivity index (χ1) is 8.41. The molecule has 1 aliphatic heterocycles. The zero-order chi connectivity index (χ0) is 13.3. The summed E-state index contributed by atoms with van der Waals surface area (Å²) in [6.07, 6.45) is 6.14. The minimum absolute atomic E-state index is 0.144. The van der Waals surface area contributed by atoms with Crippen LogP contribution in [-0.2, 0) is 0 Å². The standard InChI is InChI=1S/C15H25N3/c1-11-7-8-17-10-12(11)14-13(16)6-5-9-18(14)15(2,3)4/h7-8,10,13-14H,5-6,9,16H2,1-4H3. The Balaban J connectivity index is 2.40. The summed E-state index contributed by atoms with van der Waals surface area (Å²) in [6, 6.07) is 2.59. The van der Waals surface area contributed by atoms with Gasteiger partial charge in [-0.05, 0) is 64.3 Å². The Morgan fingerprint density at radius 3 is 2.72 bits per heavy atom. The Morgan fingerprint density at radius 2 is 2.11 bits per heavy atom. The van der Waals surface area contributed by atoms with Crippen molar-refractivity contribution in [1.82, 2.24) is 9.88 Å². The van der Waals surface area contributed by atoms with E-state index in [1.165, 1.54) is 17.5 Å². The summed E-state index contributed by atoms with van der Waals surface area (Å²) >= 11 is 0. The van der Waals surface area contributed by atoms with Crippen molar-refractivity contribution in [1.29, 1.82) is 0 Å². The fourth-order valence-corrected chi connectivity index (χ4v) is 2.96. The molecular formula is C15H25N3. The van der Waals surface area contributed by atoms with Crippen molar-refractivity contribution in [3.8, 4) is 0 Å². The highest BCUT2D eigenvalue weighted by Gasteiger charge is 2.37. The number of hydrogen-bond donors (Lipinski definition) is 1. The molecule has 1 saturated heterocycles. The third kappa shape index (κ3) is 2.57. The molecule has 1 aromatic heterocycles. The molecule has 2 N–H and O–H groups in total. The number of piperidine rings is 1. The average molecular weight is 247 g/mol. The highest BCUT2D eigenvalue weighted by Crippen LogP contribution is 2.36. The highest BCUT2D eigenvalue weighted by atomic mass is 15.2. The fraction of sp³-hybridized carbons (Fsp3) is 0.667. The van der Waals surface area contributed by atoms with Crippen molar-refractivity contribution in [2.75, 3.05) is 6.54 Å². The summed E-state index contributed by atoms with van der Waals surface area (Å²) in [5.41, 5.74) is 9.13. The largest absolute Gasteiger partial charge is 0.326 e. The molecule has 2 rings (SSSR count). The second kappa shape index (κ2) is 4.98. The van der Waals surface area contributed by atoms with Crippen molar-refractivity contribution < 1.29 is 0 Å². The molecule has 3 nitrogen and oxygen atoms in total. The van der Waals surface area contributed by atoms with Crippen molar-refractivity contribution >= 4 is 0 Å². The first kappa shape index (κ1) is 13.5. The SMILES string of the molecule is Cc1ccncc1C1C(N)CCCN1C(C)(C)C. The van der Waals surface area contributed by atoms with Gasteiger partial charge >= 0.3 is 0 Å². The van der Waals surface area contributed by atoms with E-state index in [0.717, 1.165) is 13.0 Å². The van der Waals surface area contributed by atoms with Gasteiger partial charge in [0.15, 0.2) is 0 Å². The molecule has 0 aromatic carbocycles. The van der Waals surface area contributed by atoms with Crippen LogP contribution in [0.5, 0.6) is 0 Å². The molecule has 0 radical (unpaired) electrons. The zero-order valence-electron chi connectivity index (χ0n) is 12.0. The van der Waals surface area contributed by atoms with Crippen molar-refractivity contribution in [2.45, 2.75) is 58.2 Å². The maximum Gasteiger partial charge on any atom is 0.0522 e. The summed E-state index contributed by atoms with van der Waals surface area (Å²) in [7, 11) is 0. The number of aryl methyl sites for hydroxylation is 1. The third-order valence-electron chi connectivity index (χ3n) is 3.94. The van der Waals surface area contributed by atoms with Gasteiger partial charge in [0.1, 0.15) is 0 Å². The first-order valence-corrected chi connectivity index (χ1v) is 6.84. The quantitative estimate of drug-likeness (QED) is 0.829. The van der Waals surface area contributed by atoms with Gasteiger partial charge in [-0.25, -0.2) is 0 Å². The minimum Gasteiger partial charge on any atom is -0.326 e. The Morgan fingerprint density at radius 1 is 1.39 bits per heavy atom. The lowest BCUT2D eigenvalue weighted by Crippen LogP contribution is -2.53. The molecule has 0 amide bonds. The second-order valence-corrected chi connectivity index (χ2v) is 6.35. The number of likely N-dealkylation sites (tertiary alicyclic amines) is 1. The van der Waals surface area contributed by atoms with Crippen molar-refractivity contribution in [3.05, 3.63) is 29.6 Å². The summed E-state index contributed by atoms with van der Waals surface area (Å²) in [5, 5.41) is 0. The van der Waals surface area contributed by atoms with Crippen molar-refractivity contribution in [2.24, 2.45) is 5.73 Å². The van der Waals surface area contributed by atoms with Gasteiger partial charge in [-0.15, -0.1) is 0 Å². The van der Waals surface area contributed by atoms with E-state index in [2.05, 4.69) is 43.6 Å². The van der Waals surface area contributed by atoms with Crippen LogP contribution >= 0.6 is 0 Å². The Hall–Kier alpha value is -0.930. The van der Waals surface area contributed by atoms with E-state index in [1.807, 2.05) is 12.4 Å². The maximum absolute atomic E-state index is 6.40. The molecule has 1 aliphatic rings. The molecule has 3 heteroatoms. The predicted octanol–water partition coefficient (Wildman–Crippen LogP) is 2.65. The van der Waals surface area contributed by atoms with E-state index in [4.69, 9.17) is 5.73 Å². The number of nitrogens with two attached hydrogens (primary N) is 1. The van der Waals surface area contributed by atoms with Crippen LogP contribution in [0.25, 0.3) is 0 Å². The minimum atomic E-state index is 0.144. The van der Waals surface area contributed by atoms with Crippen LogP contribution in [0.3, 0.4) is 0 Å². The Bertz CT molecular complexity index is 408. The summed E-state index contributed by atoms with van der Waals surface area (Å²) in [5.74, 6) is 0. The van der Waals surface area contributed by atoms with Crippen LogP contribution < -0.4 is 5.73 Å². The van der Waals surface area contributed by atoms with E-state index in [0.29, 0.717) is 6.04 Å². The lowest BCUT2D eigenvalue weighted by Gasteiger charge is -2.47. The second-order valence-electron chi connectivity index (χ2n) is 6.35. The van der Waals surface area contributed by atoms with E-state index in [9.17, 15) is 0 Å². The lowest BCUT2D eigenvalue weighted by atomic mass is 9.86. The van der Waals surface area contributed by atoms with E-state index in [1.54, 1.807) is 0 Å². The van der Waals surface area contributed by atoms with Gasteiger partial charge < -0.3 is 5.73 Å². The van der Waals surface area contributed by atoms with Crippen LogP contribution in [0.15, 0.2) is 18.5 Å². The fourth-order valence-electron chi connectivity index (χ4n) is 2.96. The number of pyridine rings is 1. The monoisotopic (exact) mass is 247 g/mol. The van der Waals surface area contributed by atoms with Crippen LogP contribution in [0.4, 0.5) is 0 Å². The number of hydrogen-bond acceptors (Lipinski definition) is 3. The molecule has 2 unspecified atom stereocenters. The smallest absolute Gasteiger partial charge is 0.0522 e. The van der Waals surface area contributed by atoms with Crippen LogP contribution in [0, 0.1) is 6.92 Å². The maximum atomic E-state index is 6.40. The molecule has 1 fully saturated rings. The number of aromatic nitrogens is 1. The first-order valence-electron chi connectivity index (χ1n) is 6.84. The summed E-state index contributed by atoms with van der Waals surface area (Å²) in [6.45, 7) is 10.1. The predicted molar refractivity (Wildman–Crippen MR) is 75.4 cm³/mol. The molecule has 0 aliphatic carbocycles. The Kier molecular flexibility index (Phi) is 3.74. The lowest BCUT2D eigenvalue weighted by molar-refractivity contribution is 0.0379. The number of rotatable bonds is 1. The number of nitrogens with zero attached hydrogens (tertiary/aromatic N) is 2. The van der Waals surface area contributed by atoms with Crippen LogP contribution in [0.1, 0.15) is 50.8 Å². The molecule has 2 heterocycles. The van der Waals surface area contributed by atoms with Gasteiger partial charge in [-0.2, -0.15) is 0 Å². The van der Waals surface area contributed by atoms with Gasteiger partial charge in [-0.3, -0.25) is 9.88 Å². The summed E-state index contributed by atoms with van der Waals surface area (Å²) in [4.78, 5) is 6.82. The molecule has 0 bridgehead atoms. The third-order valence-corrected chi connectivity index (χ3v) is 3.94. The van der Waals surface area contributed by atoms with Gasteiger partial charge in [0, 0.05) is 24.0 Å². The highest BCUT2D eigenvalue weighted by molar-refractivity contribution is 5.27. The molecule has 0 spiro atoms. The molecule has 18 heavy (non-hydrogen) atoms. The van der Waals surface area contributed by atoms with E-state index >= 15 is 0 Å². The molecule has 100 valence electrons. The molecule has 0 saturated carbocycles. The van der Waals surface area contributed by atoms with E-state index < -0.39 is 0 Å². The van der Waals surface area contributed by atoms with Gasteiger partial charge in [0.2, 0.25) is 0 Å². The van der Waals surface area contributed by atoms with Crippen molar-refractivity contribution in [3.63, 3.8) is 0 Å². The zero-order valence-corrected chi connectivity index (χ0v) is 12.0. The van der Waals surface area contributed by atoms with Gasteiger partial charge in [0.05, 0.1) is 6.04 Å². The van der Waals surface area contributed by atoms with Gasteiger partial charge in [-0.1, -0.05) is 0 Å². The van der Waals surface area contributed by atoms with Crippen LogP contribution in [0.2, 0.25) is 0 Å². The normalized spacial score (nSPS) is 26.3. The van der Waals surface area contributed by atoms with E-state index in [-0.39, 0.29) is 11.6 Å². The van der Waals surface area contributed by atoms with Crippen LogP contribution in [-0.4, -0.2) is 28.0 Å². The Labute approximate surface area is 110 Å². The molecule has 2 atom stereocenters. The molecular weight excluding hydrogens is 222 g/mol. The van der Waals surface area contributed by atoms with Gasteiger partial charge in [0.25, 0.3) is 0 Å². The molecule has 1 aromatic rings. The average Bonchev–Trinajstić information content (AvgIpc) is 2.29.